The summed E-state index contributed by atoms with van der Waals surface area (Å²) in [5.41, 5.74) is 0.879. The van der Waals surface area contributed by atoms with E-state index in [0.717, 1.165) is 31.2 Å². The van der Waals surface area contributed by atoms with Crippen LogP contribution in [0.25, 0.3) is 0 Å². The second kappa shape index (κ2) is 8.39. The maximum absolute atomic E-state index is 12.3. The van der Waals surface area contributed by atoms with Crippen molar-refractivity contribution in [1.82, 2.24) is 10.0 Å². The van der Waals surface area contributed by atoms with Gasteiger partial charge in [0, 0.05) is 12.6 Å². The zero-order chi connectivity index (χ0) is 15.0. The van der Waals surface area contributed by atoms with Crippen LogP contribution >= 0.6 is 0 Å². The molecular weight excluding hydrogens is 272 g/mol. The average Bonchev–Trinajstić information content (AvgIpc) is 2.45. The number of hydrogen-bond donors (Lipinski definition) is 2. The Labute approximate surface area is 123 Å². The van der Waals surface area contributed by atoms with E-state index in [2.05, 4.69) is 17.0 Å². The Kier molecular flexibility index (Phi) is 7.19. The Hall–Kier alpha value is -0.910. The molecule has 1 unspecified atom stereocenters. The molecule has 0 saturated heterocycles. The second-order valence-electron chi connectivity index (χ2n) is 4.98. The van der Waals surface area contributed by atoms with Crippen LogP contribution in [0.15, 0.2) is 29.2 Å². The number of benzene rings is 1. The molecule has 0 aliphatic heterocycles. The molecule has 0 saturated carbocycles. The van der Waals surface area contributed by atoms with Crippen LogP contribution in [0.4, 0.5) is 0 Å². The van der Waals surface area contributed by atoms with Crippen LogP contribution in [0.3, 0.4) is 0 Å². The molecule has 2 N–H and O–H groups in total. The van der Waals surface area contributed by atoms with Crippen molar-refractivity contribution in [2.24, 2.45) is 0 Å². The van der Waals surface area contributed by atoms with Crippen LogP contribution in [0.5, 0.6) is 0 Å². The fourth-order valence-electron chi connectivity index (χ4n) is 2.21. The highest BCUT2D eigenvalue weighted by atomic mass is 32.2. The average molecular weight is 298 g/mol. The molecule has 1 aromatic carbocycles. The van der Waals surface area contributed by atoms with Gasteiger partial charge in [0.1, 0.15) is 0 Å². The van der Waals surface area contributed by atoms with Gasteiger partial charge in [-0.15, -0.1) is 0 Å². The van der Waals surface area contributed by atoms with Crippen LogP contribution in [0.2, 0.25) is 0 Å². The van der Waals surface area contributed by atoms with E-state index in [1.54, 1.807) is 12.1 Å². The Bertz CT molecular complexity index is 500. The van der Waals surface area contributed by atoms with Gasteiger partial charge in [-0.25, -0.2) is 13.1 Å². The highest BCUT2D eigenvalue weighted by Crippen LogP contribution is 2.18. The maximum Gasteiger partial charge on any atom is 0.240 e. The molecular formula is C15H26N2O2S. The SMILES string of the molecule is CCCNS(=O)(=O)c1ccccc1CC(CCC)NC. The van der Waals surface area contributed by atoms with Crippen molar-refractivity contribution in [3.8, 4) is 0 Å². The van der Waals surface area contributed by atoms with Crippen molar-refractivity contribution < 1.29 is 8.42 Å². The number of nitrogens with one attached hydrogen (secondary N) is 2. The molecule has 5 heteroatoms. The summed E-state index contributed by atoms with van der Waals surface area (Å²) in [5.74, 6) is 0. The van der Waals surface area contributed by atoms with E-state index in [4.69, 9.17) is 0 Å². The van der Waals surface area contributed by atoms with Gasteiger partial charge in [0.2, 0.25) is 10.0 Å². The molecule has 4 nitrogen and oxygen atoms in total. The predicted octanol–water partition coefficient (Wildman–Crippen LogP) is 2.31. The lowest BCUT2D eigenvalue weighted by molar-refractivity contribution is 0.509. The van der Waals surface area contributed by atoms with Gasteiger partial charge in [0.25, 0.3) is 0 Å². The minimum Gasteiger partial charge on any atom is -0.317 e. The maximum atomic E-state index is 12.3. The molecule has 0 fully saturated rings. The second-order valence-corrected chi connectivity index (χ2v) is 6.72. The molecule has 0 bridgehead atoms. The first kappa shape index (κ1) is 17.1. The summed E-state index contributed by atoms with van der Waals surface area (Å²) in [6.07, 6.45) is 3.63. The first-order valence-electron chi connectivity index (χ1n) is 7.30. The van der Waals surface area contributed by atoms with E-state index >= 15 is 0 Å². The van der Waals surface area contributed by atoms with Gasteiger partial charge >= 0.3 is 0 Å². The van der Waals surface area contributed by atoms with Gasteiger partial charge in [-0.1, -0.05) is 38.5 Å². The van der Waals surface area contributed by atoms with E-state index in [-0.39, 0.29) is 0 Å². The molecule has 0 aliphatic carbocycles. The molecule has 0 aromatic heterocycles. The summed E-state index contributed by atoms with van der Waals surface area (Å²) >= 11 is 0. The molecule has 0 spiro atoms. The van der Waals surface area contributed by atoms with Crippen molar-refractivity contribution in [3.05, 3.63) is 29.8 Å². The Morgan fingerprint density at radius 3 is 2.45 bits per heavy atom. The molecule has 0 heterocycles. The molecule has 1 atom stereocenters. The lowest BCUT2D eigenvalue weighted by atomic mass is 10.0. The highest BCUT2D eigenvalue weighted by Gasteiger charge is 2.19. The summed E-state index contributed by atoms with van der Waals surface area (Å²) < 4.78 is 27.3. The minimum atomic E-state index is -3.40. The third kappa shape index (κ3) is 4.89. The third-order valence-electron chi connectivity index (χ3n) is 3.32. The van der Waals surface area contributed by atoms with Crippen molar-refractivity contribution in [2.75, 3.05) is 13.6 Å². The van der Waals surface area contributed by atoms with E-state index in [0.29, 0.717) is 17.5 Å². The molecule has 0 amide bonds. The summed E-state index contributed by atoms with van der Waals surface area (Å²) in [6, 6.07) is 7.57. The molecule has 1 aromatic rings. The smallest absolute Gasteiger partial charge is 0.240 e. The Morgan fingerprint density at radius 1 is 1.15 bits per heavy atom. The molecule has 20 heavy (non-hydrogen) atoms. The van der Waals surface area contributed by atoms with E-state index in [1.165, 1.54) is 0 Å². The van der Waals surface area contributed by atoms with Crippen LogP contribution < -0.4 is 10.0 Å². The van der Waals surface area contributed by atoms with Gasteiger partial charge in [0.15, 0.2) is 0 Å². The summed E-state index contributed by atoms with van der Waals surface area (Å²) in [5, 5.41) is 3.26. The van der Waals surface area contributed by atoms with Gasteiger partial charge in [-0.05, 0) is 37.9 Å². The fourth-order valence-corrected chi connectivity index (χ4v) is 3.59. The number of rotatable bonds is 9. The normalized spacial score (nSPS) is 13.3. The summed E-state index contributed by atoms with van der Waals surface area (Å²) in [6.45, 7) is 4.56. The van der Waals surface area contributed by atoms with Gasteiger partial charge in [0.05, 0.1) is 4.90 Å². The lowest BCUT2D eigenvalue weighted by Crippen LogP contribution is -2.30. The first-order chi connectivity index (χ1) is 9.55. The standard InChI is InChI=1S/C15H26N2O2S/c1-4-8-14(16-3)12-13-9-6-7-10-15(13)20(18,19)17-11-5-2/h6-7,9-10,14,16-17H,4-5,8,11-12H2,1-3H3. The van der Waals surface area contributed by atoms with Crippen molar-refractivity contribution in [2.45, 2.75) is 50.5 Å². The summed E-state index contributed by atoms with van der Waals surface area (Å²) in [4.78, 5) is 0.407. The van der Waals surface area contributed by atoms with Crippen molar-refractivity contribution in [1.29, 1.82) is 0 Å². The predicted molar refractivity (Wildman–Crippen MR) is 83.4 cm³/mol. The quantitative estimate of drug-likeness (QED) is 0.735. The van der Waals surface area contributed by atoms with Crippen LogP contribution in [0, 0.1) is 0 Å². The number of likely N-dealkylation sites (N-methyl/N-ethyl adjacent to an activating group) is 1. The van der Waals surface area contributed by atoms with Crippen LogP contribution in [-0.2, 0) is 16.4 Å². The van der Waals surface area contributed by atoms with Gasteiger partial charge < -0.3 is 5.32 Å². The zero-order valence-corrected chi connectivity index (χ0v) is 13.5. The monoisotopic (exact) mass is 298 g/mol. The lowest BCUT2D eigenvalue weighted by Gasteiger charge is -2.17. The molecule has 0 aliphatic rings. The first-order valence-corrected chi connectivity index (χ1v) is 8.78. The Morgan fingerprint density at radius 2 is 1.85 bits per heavy atom. The van der Waals surface area contributed by atoms with Crippen molar-refractivity contribution in [3.63, 3.8) is 0 Å². The summed E-state index contributed by atoms with van der Waals surface area (Å²) in [7, 11) is -1.48. The van der Waals surface area contributed by atoms with Crippen LogP contribution in [0.1, 0.15) is 38.7 Å². The van der Waals surface area contributed by atoms with Crippen molar-refractivity contribution >= 4 is 10.0 Å². The molecule has 0 radical (unpaired) electrons. The topological polar surface area (TPSA) is 58.2 Å². The van der Waals surface area contributed by atoms with Crippen LogP contribution in [-0.4, -0.2) is 28.1 Å². The number of sulfonamides is 1. The number of hydrogen-bond acceptors (Lipinski definition) is 3. The fraction of sp³-hybridized carbons (Fsp3) is 0.600. The minimum absolute atomic E-state index is 0.308. The third-order valence-corrected chi connectivity index (χ3v) is 4.88. The van der Waals surface area contributed by atoms with E-state index < -0.39 is 10.0 Å². The Balaban J connectivity index is 2.98. The molecule has 1 rings (SSSR count). The zero-order valence-electron chi connectivity index (χ0n) is 12.6. The van der Waals surface area contributed by atoms with Gasteiger partial charge in [-0.3, -0.25) is 0 Å². The van der Waals surface area contributed by atoms with E-state index in [1.807, 2.05) is 26.1 Å². The molecule has 114 valence electrons. The largest absolute Gasteiger partial charge is 0.317 e. The van der Waals surface area contributed by atoms with Gasteiger partial charge in [-0.2, -0.15) is 0 Å². The highest BCUT2D eigenvalue weighted by molar-refractivity contribution is 7.89. The van der Waals surface area contributed by atoms with E-state index in [9.17, 15) is 8.42 Å².